The summed E-state index contributed by atoms with van der Waals surface area (Å²) in [5, 5.41) is 7.66. The van der Waals surface area contributed by atoms with Crippen molar-refractivity contribution in [3.05, 3.63) is 65.7 Å². The highest BCUT2D eigenvalue weighted by Crippen LogP contribution is 2.29. The highest BCUT2D eigenvalue weighted by atomic mass is 35.5. The molecule has 1 saturated heterocycles. The van der Waals surface area contributed by atoms with Gasteiger partial charge in [0.25, 0.3) is 0 Å². The fraction of sp³-hybridized carbons (Fsp3) is 0.227. The Kier molecular flexibility index (Phi) is 6.11. The van der Waals surface area contributed by atoms with Crippen molar-refractivity contribution >= 4 is 35.0 Å². The number of amides is 1. The number of aryl methyl sites for hydroxylation is 1. The van der Waals surface area contributed by atoms with Crippen LogP contribution in [0.2, 0.25) is 5.02 Å². The molecule has 1 amide bonds. The van der Waals surface area contributed by atoms with E-state index in [9.17, 15) is 4.79 Å². The number of anilines is 2. The lowest BCUT2D eigenvalue weighted by molar-refractivity contribution is -0.111. The van der Waals surface area contributed by atoms with Crippen molar-refractivity contribution in [3.8, 4) is 11.1 Å². The number of aromatic nitrogens is 3. The molecule has 0 radical (unpaired) electrons. The van der Waals surface area contributed by atoms with E-state index in [1.807, 2.05) is 31.4 Å². The van der Waals surface area contributed by atoms with Crippen LogP contribution in [0.5, 0.6) is 0 Å². The van der Waals surface area contributed by atoms with Crippen molar-refractivity contribution in [2.75, 3.05) is 36.5 Å². The molecule has 0 aliphatic carbocycles. The van der Waals surface area contributed by atoms with Gasteiger partial charge in [-0.15, -0.1) is 0 Å². The van der Waals surface area contributed by atoms with Gasteiger partial charge in [0.2, 0.25) is 5.91 Å². The summed E-state index contributed by atoms with van der Waals surface area (Å²) in [7, 11) is 1.86. The van der Waals surface area contributed by atoms with E-state index < -0.39 is 0 Å². The van der Waals surface area contributed by atoms with E-state index in [-0.39, 0.29) is 5.91 Å². The van der Waals surface area contributed by atoms with Gasteiger partial charge in [-0.25, -0.2) is 0 Å². The van der Waals surface area contributed by atoms with Gasteiger partial charge < -0.3 is 15.0 Å². The molecule has 7 nitrogen and oxygen atoms in total. The fourth-order valence-electron chi connectivity index (χ4n) is 3.36. The van der Waals surface area contributed by atoms with Crippen molar-refractivity contribution in [2.24, 2.45) is 7.05 Å². The normalized spacial score (nSPS) is 14.3. The largest absolute Gasteiger partial charge is 0.378 e. The zero-order chi connectivity index (χ0) is 20.9. The molecule has 2 aromatic heterocycles. The van der Waals surface area contributed by atoms with Crippen LogP contribution < -0.4 is 10.2 Å². The van der Waals surface area contributed by atoms with Crippen LogP contribution in [0.1, 0.15) is 5.56 Å². The Morgan fingerprint density at radius 1 is 1.23 bits per heavy atom. The highest BCUT2D eigenvalue weighted by molar-refractivity contribution is 6.33. The van der Waals surface area contributed by atoms with E-state index >= 15 is 0 Å². The second-order valence-corrected chi connectivity index (χ2v) is 7.36. The first kappa shape index (κ1) is 20.1. The Balaban J connectivity index is 1.45. The minimum absolute atomic E-state index is 0.244. The van der Waals surface area contributed by atoms with Crippen LogP contribution in [-0.2, 0) is 16.6 Å². The zero-order valence-corrected chi connectivity index (χ0v) is 17.3. The van der Waals surface area contributed by atoms with Crippen molar-refractivity contribution in [1.82, 2.24) is 14.8 Å². The Bertz CT molecular complexity index is 1070. The highest BCUT2D eigenvalue weighted by Gasteiger charge is 2.14. The molecule has 1 aliphatic rings. The maximum Gasteiger partial charge on any atom is 0.248 e. The smallest absolute Gasteiger partial charge is 0.248 e. The number of halogens is 1. The van der Waals surface area contributed by atoms with E-state index in [0.717, 1.165) is 35.5 Å². The summed E-state index contributed by atoms with van der Waals surface area (Å²) in [5.41, 5.74) is 4.35. The van der Waals surface area contributed by atoms with Gasteiger partial charge in [0.1, 0.15) is 0 Å². The quantitative estimate of drug-likeness (QED) is 0.634. The molecule has 1 fully saturated rings. The molecule has 0 saturated carbocycles. The van der Waals surface area contributed by atoms with Crippen LogP contribution in [0.3, 0.4) is 0 Å². The number of nitrogens with zero attached hydrogens (tertiary/aromatic N) is 4. The Morgan fingerprint density at radius 3 is 2.80 bits per heavy atom. The van der Waals surface area contributed by atoms with Gasteiger partial charge in [-0.05, 0) is 35.9 Å². The van der Waals surface area contributed by atoms with E-state index in [1.54, 1.807) is 35.4 Å². The lowest BCUT2D eigenvalue weighted by Gasteiger charge is -2.29. The maximum absolute atomic E-state index is 12.4. The summed E-state index contributed by atoms with van der Waals surface area (Å²) in [6.07, 6.45) is 10.4. The lowest BCUT2D eigenvalue weighted by Crippen LogP contribution is -2.36. The number of hydrogen-bond acceptors (Lipinski definition) is 5. The first-order chi connectivity index (χ1) is 14.6. The van der Waals surface area contributed by atoms with Crippen molar-refractivity contribution < 1.29 is 9.53 Å². The van der Waals surface area contributed by atoms with E-state index in [4.69, 9.17) is 16.3 Å². The third-order valence-corrected chi connectivity index (χ3v) is 5.15. The molecule has 0 atom stereocenters. The number of ether oxygens (including phenoxy) is 1. The van der Waals surface area contributed by atoms with E-state index in [0.29, 0.717) is 23.9 Å². The predicted octanol–water partition coefficient (Wildman–Crippen LogP) is 3.62. The molecule has 3 aromatic rings. The summed E-state index contributed by atoms with van der Waals surface area (Å²) in [5.74, 6) is -0.244. The first-order valence-electron chi connectivity index (χ1n) is 9.64. The number of pyridine rings is 1. The van der Waals surface area contributed by atoms with Crippen LogP contribution in [0, 0.1) is 0 Å². The fourth-order valence-corrected chi connectivity index (χ4v) is 3.66. The summed E-state index contributed by atoms with van der Waals surface area (Å²) >= 11 is 6.44. The van der Waals surface area contributed by atoms with Crippen LogP contribution in [0.15, 0.2) is 55.1 Å². The third-order valence-electron chi connectivity index (χ3n) is 4.85. The Hall–Kier alpha value is -3.16. The van der Waals surface area contributed by atoms with Gasteiger partial charge in [0.05, 0.1) is 30.1 Å². The van der Waals surface area contributed by atoms with Crippen LogP contribution in [0.4, 0.5) is 11.4 Å². The van der Waals surface area contributed by atoms with Crippen LogP contribution in [-0.4, -0.2) is 47.0 Å². The molecule has 1 N–H and O–H groups in total. The number of carbonyl (C=O) groups excluding carboxylic acids is 1. The molecule has 1 aliphatic heterocycles. The molecule has 30 heavy (non-hydrogen) atoms. The number of benzene rings is 1. The maximum atomic E-state index is 12.4. The SMILES string of the molecule is Cn1cc(-c2ccncc2C=CC(=O)Nc2ccc(N3CCOCC3)c(Cl)c2)cn1. The Morgan fingerprint density at radius 2 is 2.07 bits per heavy atom. The van der Waals surface area contributed by atoms with Crippen LogP contribution >= 0.6 is 11.6 Å². The monoisotopic (exact) mass is 423 g/mol. The number of rotatable bonds is 5. The third kappa shape index (κ3) is 4.69. The van der Waals surface area contributed by atoms with Gasteiger partial charge in [-0.3, -0.25) is 14.5 Å². The second-order valence-electron chi connectivity index (χ2n) is 6.95. The number of carbonyl (C=O) groups is 1. The number of nitrogens with one attached hydrogen (secondary N) is 1. The predicted molar refractivity (Wildman–Crippen MR) is 119 cm³/mol. The molecule has 1 aromatic carbocycles. The summed E-state index contributed by atoms with van der Waals surface area (Å²) in [4.78, 5) is 18.8. The second kappa shape index (κ2) is 9.11. The molecule has 8 heteroatoms. The topological polar surface area (TPSA) is 72.3 Å². The summed E-state index contributed by atoms with van der Waals surface area (Å²) in [6.45, 7) is 2.99. The summed E-state index contributed by atoms with van der Waals surface area (Å²) in [6, 6.07) is 7.45. The molecule has 3 heterocycles. The van der Waals surface area contributed by atoms with Crippen molar-refractivity contribution in [1.29, 1.82) is 0 Å². The molecular weight excluding hydrogens is 402 g/mol. The number of hydrogen-bond donors (Lipinski definition) is 1. The number of morpholine rings is 1. The standard InChI is InChI=1S/C22H22ClN5O2/c1-27-15-17(14-25-27)19-6-7-24-13-16(19)2-5-22(29)26-18-3-4-21(20(23)12-18)28-8-10-30-11-9-28/h2-7,12-15H,8-11H2,1H3,(H,26,29). The van der Waals surface area contributed by atoms with Gasteiger partial charge in [-0.2, -0.15) is 5.10 Å². The first-order valence-corrected chi connectivity index (χ1v) is 10.0. The van der Waals surface area contributed by atoms with Gasteiger partial charge >= 0.3 is 0 Å². The molecule has 4 rings (SSSR count). The van der Waals surface area contributed by atoms with Gasteiger partial charge in [0.15, 0.2) is 0 Å². The average Bonchev–Trinajstić information content (AvgIpc) is 3.19. The van der Waals surface area contributed by atoms with Crippen molar-refractivity contribution in [3.63, 3.8) is 0 Å². The van der Waals surface area contributed by atoms with Gasteiger partial charge in [0, 0.05) is 61.6 Å². The molecule has 154 valence electrons. The molecule has 0 bridgehead atoms. The van der Waals surface area contributed by atoms with E-state index in [1.165, 1.54) is 6.08 Å². The average molecular weight is 424 g/mol. The molecule has 0 spiro atoms. The molecule has 0 unspecified atom stereocenters. The lowest BCUT2D eigenvalue weighted by atomic mass is 10.0. The zero-order valence-electron chi connectivity index (χ0n) is 16.6. The van der Waals surface area contributed by atoms with Crippen LogP contribution in [0.25, 0.3) is 17.2 Å². The molecular formula is C22H22ClN5O2. The van der Waals surface area contributed by atoms with Gasteiger partial charge in [-0.1, -0.05) is 11.6 Å². The Labute approximate surface area is 179 Å². The summed E-state index contributed by atoms with van der Waals surface area (Å²) < 4.78 is 7.12. The van der Waals surface area contributed by atoms with E-state index in [2.05, 4.69) is 20.3 Å². The minimum atomic E-state index is -0.244. The van der Waals surface area contributed by atoms with Crippen molar-refractivity contribution in [2.45, 2.75) is 0 Å². The minimum Gasteiger partial charge on any atom is -0.378 e.